The largest absolute Gasteiger partial charge is 0.486 e. The van der Waals surface area contributed by atoms with Crippen molar-refractivity contribution in [3.63, 3.8) is 0 Å². The molecular weight excluding hydrogens is 356 g/mol. The van der Waals surface area contributed by atoms with Crippen molar-refractivity contribution in [2.75, 3.05) is 18.5 Å². The van der Waals surface area contributed by atoms with Gasteiger partial charge in [-0.05, 0) is 31.2 Å². The van der Waals surface area contributed by atoms with Gasteiger partial charge in [0.15, 0.2) is 17.6 Å². The fourth-order valence-electron chi connectivity index (χ4n) is 2.43. The molecule has 2 aromatic rings. The van der Waals surface area contributed by atoms with Crippen LogP contribution in [0.4, 0.5) is 11.4 Å². The maximum atomic E-state index is 12.3. The first kappa shape index (κ1) is 18.2. The number of anilines is 1. The predicted octanol–water partition coefficient (Wildman–Crippen LogP) is 2.55. The Labute approximate surface area is 154 Å². The summed E-state index contributed by atoms with van der Waals surface area (Å²) in [6.07, 6.45) is -1.16. The smallest absolute Gasteiger partial charge is 0.339 e. The molecular formula is C18H16N2O7. The van der Waals surface area contributed by atoms with Gasteiger partial charge in [-0.3, -0.25) is 14.9 Å². The van der Waals surface area contributed by atoms with E-state index in [4.69, 9.17) is 14.2 Å². The van der Waals surface area contributed by atoms with Crippen LogP contribution in [-0.4, -0.2) is 36.1 Å². The molecule has 1 aliphatic rings. The van der Waals surface area contributed by atoms with Gasteiger partial charge in [0.1, 0.15) is 18.9 Å². The number of nitro benzene ring substituents is 1. The summed E-state index contributed by atoms with van der Waals surface area (Å²) >= 11 is 0. The Kier molecular flexibility index (Phi) is 5.20. The van der Waals surface area contributed by atoms with E-state index in [9.17, 15) is 19.7 Å². The third-order valence-electron chi connectivity index (χ3n) is 3.79. The molecule has 1 N–H and O–H groups in total. The minimum Gasteiger partial charge on any atom is -0.486 e. The summed E-state index contributed by atoms with van der Waals surface area (Å²) in [5.41, 5.74) is -0.0319. The van der Waals surface area contributed by atoms with Gasteiger partial charge in [-0.25, -0.2) is 4.79 Å². The summed E-state index contributed by atoms with van der Waals surface area (Å²) in [6.45, 7) is 2.18. The Morgan fingerprint density at radius 3 is 2.59 bits per heavy atom. The maximum Gasteiger partial charge on any atom is 0.339 e. The van der Waals surface area contributed by atoms with Crippen molar-refractivity contribution in [2.24, 2.45) is 0 Å². The van der Waals surface area contributed by atoms with Crippen LogP contribution < -0.4 is 14.8 Å². The number of para-hydroxylation sites is 2. The maximum absolute atomic E-state index is 12.3. The summed E-state index contributed by atoms with van der Waals surface area (Å²) < 4.78 is 15.9. The molecule has 1 atom stereocenters. The highest BCUT2D eigenvalue weighted by atomic mass is 16.6. The molecule has 3 rings (SSSR count). The minimum atomic E-state index is -1.16. The molecule has 0 fully saturated rings. The first-order chi connectivity index (χ1) is 13.0. The van der Waals surface area contributed by atoms with Gasteiger partial charge < -0.3 is 19.5 Å². The highest BCUT2D eigenvalue weighted by molar-refractivity contribution is 5.98. The highest BCUT2D eigenvalue weighted by Crippen LogP contribution is 2.31. The van der Waals surface area contributed by atoms with Crippen LogP contribution in [0.3, 0.4) is 0 Å². The van der Waals surface area contributed by atoms with Gasteiger partial charge in [-0.1, -0.05) is 12.1 Å². The molecule has 0 aromatic heterocycles. The number of ether oxygens (including phenoxy) is 3. The second-order valence-corrected chi connectivity index (χ2v) is 5.67. The number of rotatable bonds is 5. The number of carbonyl (C=O) groups is 2. The molecule has 140 valence electrons. The van der Waals surface area contributed by atoms with Gasteiger partial charge >= 0.3 is 5.97 Å². The quantitative estimate of drug-likeness (QED) is 0.487. The first-order valence-electron chi connectivity index (χ1n) is 8.10. The lowest BCUT2D eigenvalue weighted by molar-refractivity contribution is -0.383. The summed E-state index contributed by atoms with van der Waals surface area (Å²) in [5.74, 6) is -0.458. The van der Waals surface area contributed by atoms with Gasteiger partial charge in [0.05, 0.1) is 10.5 Å². The average Bonchev–Trinajstić information content (AvgIpc) is 2.67. The summed E-state index contributed by atoms with van der Waals surface area (Å²) in [7, 11) is 0. The van der Waals surface area contributed by atoms with E-state index in [1.807, 2.05) is 0 Å². The topological polar surface area (TPSA) is 117 Å². The van der Waals surface area contributed by atoms with Gasteiger partial charge in [0.25, 0.3) is 11.6 Å². The number of nitro groups is 1. The van der Waals surface area contributed by atoms with Crippen molar-refractivity contribution >= 4 is 23.3 Å². The molecule has 0 radical (unpaired) electrons. The van der Waals surface area contributed by atoms with Crippen LogP contribution in [0, 0.1) is 10.1 Å². The fourth-order valence-corrected chi connectivity index (χ4v) is 2.43. The van der Waals surface area contributed by atoms with Crippen LogP contribution in [0.25, 0.3) is 0 Å². The second kappa shape index (κ2) is 7.73. The van der Waals surface area contributed by atoms with Crippen LogP contribution in [-0.2, 0) is 9.53 Å². The molecule has 1 aliphatic heterocycles. The molecule has 2 aromatic carbocycles. The zero-order chi connectivity index (χ0) is 19.4. The molecule has 27 heavy (non-hydrogen) atoms. The number of fused-ring (bicyclic) bond motifs is 1. The van der Waals surface area contributed by atoms with Crippen LogP contribution >= 0.6 is 0 Å². The van der Waals surface area contributed by atoms with E-state index in [-0.39, 0.29) is 16.9 Å². The molecule has 0 aliphatic carbocycles. The van der Waals surface area contributed by atoms with Gasteiger partial charge in [-0.2, -0.15) is 0 Å². The zero-order valence-electron chi connectivity index (χ0n) is 14.3. The van der Waals surface area contributed by atoms with Crippen LogP contribution in [0.15, 0.2) is 42.5 Å². The van der Waals surface area contributed by atoms with E-state index in [0.717, 1.165) is 0 Å². The molecule has 0 spiro atoms. The Morgan fingerprint density at radius 1 is 1.15 bits per heavy atom. The first-order valence-corrected chi connectivity index (χ1v) is 8.10. The van der Waals surface area contributed by atoms with Crippen LogP contribution in [0.2, 0.25) is 0 Å². The number of nitrogens with zero attached hydrogens (tertiary/aromatic N) is 1. The Hall–Kier alpha value is -3.62. The van der Waals surface area contributed by atoms with E-state index in [0.29, 0.717) is 24.7 Å². The van der Waals surface area contributed by atoms with Crippen molar-refractivity contribution in [3.05, 3.63) is 58.1 Å². The standard InChI is InChI=1S/C18H16N2O7/c1-11(17(21)19-13-4-2-3-5-14(13)20(23)24)27-18(22)12-6-7-15-16(10-12)26-9-8-25-15/h2-7,10-11H,8-9H2,1H3,(H,19,21). The highest BCUT2D eigenvalue weighted by Gasteiger charge is 2.23. The molecule has 0 saturated heterocycles. The minimum absolute atomic E-state index is 0.0229. The van der Waals surface area contributed by atoms with E-state index < -0.39 is 22.9 Å². The van der Waals surface area contributed by atoms with Gasteiger partial charge in [0.2, 0.25) is 0 Å². The molecule has 9 nitrogen and oxygen atoms in total. The lowest BCUT2D eigenvalue weighted by Crippen LogP contribution is -2.30. The van der Waals surface area contributed by atoms with Crippen molar-refractivity contribution in [1.29, 1.82) is 0 Å². The third kappa shape index (κ3) is 4.14. The number of amides is 1. The fraction of sp³-hybridized carbons (Fsp3) is 0.222. The van der Waals surface area contributed by atoms with E-state index in [1.54, 1.807) is 12.1 Å². The number of hydrogen-bond donors (Lipinski definition) is 1. The van der Waals surface area contributed by atoms with Gasteiger partial charge in [-0.15, -0.1) is 0 Å². The molecule has 0 bridgehead atoms. The molecule has 1 amide bonds. The van der Waals surface area contributed by atoms with Crippen molar-refractivity contribution in [2.45, 2.75) is 13.0 Å². The number of carbonyl (C=O) groups excluding carboxylic acids is 2. The third-order valence-corrected chi connectivity index (χ3v) is 3.79. The SMILES string of the molecule is CC(OC(=O)c1ccc2c(c1)OCCO2)C(=O)Nc1ccccc1[N+](=O)[O-]. The zero-order valence-corrected chi connectivity index (χ0v) is 14.3. The van der Waals surface area contributed by atoms with E-state index >= 15 is 0 Å². The molecule has 1 unspecified atom stereocenters. The van der Waals surface area contributed by atoms with Crippen molar-refractivity contribution in [1.82, 2.24) is 0 Å². The van der Waals surface area contributed by atoms with E-state index in [2.05, 4.69) is 5.32 Å². The predicted molar refractivity (Wildman–Crippen MR) is 94.0 cm³/mol. The summed E-state index contributed by atoms with van der Waals surface area (Å²) in [5, 5.41) is 13.4. The Morgan fingerprint density at radius 2 is 1.85 bits per heavy atom. The van der Waals surface area contributed by atoms with Crippen LogP contribution in [0.1, 0.15) is 17.3 Å². The van der Waals surface area contributed by atoms with Crippen molar-refractivity contribution < 1.29 is 28.7 Å². The lowest BCUT2D eigenvalue weighted by atomic mass is 10.2. The second-order valence-electron chi connectivity index (χ2n) is 5.67. The lowest BCUT2D eigenvalue weighted by Gasteiger charge is -2.19. The number of esters is 1. The van der Waals surface area contributed by atoms with Gasteiger partial charge in [0, 0.05) is 6.07 Å². The number of benzene rings is 2. The monoisotopic (exact) mass is 372 g/mol. The van der Waals surface area contributed by atoms with E-state index in [1.165, 1.54) is 37.3 Å². The normalized spacial score (nSPS) is 13.4. The molecule has 0 saturated carbocycles. The summed E-state index contributed by atoms with van der Waals surface area (Å²) in [4.78, 5) is 34.9. The molecule has 1 heterocycles. The summed E-state index contributed by atoms with van der Waals surface area (Å²) in [6, 6.07) is 10.3. The van der Waals surface area contributed by atoms with Crippen molar-refractivity contribution in [3.8, 4) is 11.5 Å². The average molecular weight is 372 g/mol. The van der Waals surface area contributed by atoms with Crippen LogP contribution in [0.5, 0.6) is 11.5 Å². The Balaban J connectivity index is 1.66. The molecule has 9 heteroatoms. The number of nitrogens with one attached hydrogen (secondary N) is 1. The number of hydrogen-bond acceptors (Lipinski definition) is 7. The Bertz CT molecular complexity index is 897.